The van der Waals surface area contributed by atoms with Gasteiger partial charge in [-0.2, -0.15) is 0 Å². The Morgan fingerprint density at radius 1 is 1.16 bits per heavy atom. The van der Waals surface area contributed by atoms with Crippen molar-refractivity contribution in [2.24, 2.45) is 0 Å². The average Bonchev–Trinajstić information content (AvgIpc) is 2.37. The molecule has 2 rings (SSSR count). The Morgan fingerprint density at radius 2 is 1.79 bits per heavy atom. The summed E-state index contributed by atoms with van der Waals surface area (Å²) in [6.45, 7) is 2.07. The highest BCUT2D eigenvalue weighted by Gasteiger charge is 2.17. The molecule has 0 aliphatic rings. The second-order valence-electron chi connectivity index (χ2n) is 4.80. The highest BCUT2D eigenvalue weighted by atomic mass is 32.2. The van der Waals surface area contributed by atoms with Gasteiger partial charge in [-0.1, -0.05) is 37.6 Å². The van der Waals surface area contributed by atoms with E-state index in [0.717, 1.165) is 12.8 Å². The van der Waals surface area contributed by atoms with Crippen molar-refractivity contribution in [1.29, 1.82) is 0 Å². The first-order valence-electron chi connectivity index (χ1n) is 6.38. The molecule has 102 valence electrons. The lowest BCUT2D eigenvalue weighted by Crippen LogP contribution is -2.00. The second-order valence-corrected chi connectivity index (χ2v) is 6.79. The van der Waals surface area contributed by atoms with E-state index in [1.54, 1.807) is 30.3 Å². The number of fused-ring (bicyclic) bond motifs is 1. The maximum absolute atomic E-state index is 11.9. The van der Waals surface area contributed by atoms with Crippen LogP contribution in [0.5, 0.6) is 5.75 Å². The van der Waals surface area contributed by atoms with E-state index >= 15 is 0 Å². The van der Waals surface area contributed by atoms with Gasteiger partial charge in [0.1, 0.15) is 5.75 Å². The zero-order valence-electron chi connectivity index (χ0n) is 11.2. The van der Waals surface area contributed by atoms with Crippen LogP contribution in [0.1, 0.15) is 25.3 Å². The highest BCUT2D eigenvalue weighted by Crippen LogP contribution is 2.34. The predicted molar refractivity (Wildman–Crippen MR) is 77.3 cm³/mol. The number of hydrogen-bond acceptors (Lipinski definition) is 3. The Bertz CT molecular complexity index is 703. The number of benzene rings is 2. The zero-order chi connectivity index (χ0) is 14.0. The molecule has 0 amide bonds. The molecule has 0 aliphatic heterocycles. The van der Waals surface area contributed by atoms with Crippen LogP contribution in [0.2, 0.25) is 0 Å². The molecule has 0 atom stereocenters. The topological polar surface area (TPSA) is 54.4 Å². The minimum atomic E-state index is -3.30. The summed E-state index contributed by atoms with van der Waals surface area (Å²) >= 11 is 0. The van der Waals surface area contributed by atoms with Gasteiger partial charge < -0.3 is 5.11 Å². The number of hydrogen-bond donors (Lipinski definition) is 1. The number of sulfone groups is 1. The van der Waals surface area contributed by atoms with Crippen LogP contribution >= 0.6 is 0 Å². The molecule has 0 fully saturated rings. The molecule has 2 aromatic rings. The molecule has 2 aromatic carbocycles. The van der Waals surface area contributed by atoms with Gasteiger partial charge in [-0.25, -0.2) is 8.42 Å². The molecule has 0 unspecified atom stereocenters. The quantitative estimate of drug-likeness (QED) is 0.933. The summed E-state index contributed by atoms with van der Waals surface area (Å²) in [6.07, 6.45) is 3.82. The zero-order valence-corrected chi connectivity index (χ0v) is 12.0. The van der Waals surface area contributed by atoms with Gasteiger partial charge in [0.15, 0.2) is 9.84 Å². The molecule has 0 bridgehead atoms. The minimum absolute atomic E-state index is 0.205. The third-order valence-electron chi connectivity index (χ3n) is 3.26. The number of aryl methyl sites for hydroxylation is 1. The maximum Gasteiger partial charge on any atom is 0.176 e. The average molecular weight is 278 g/mol. The fraction of sp³-hybridized carbons (Fsp3) is 0.333. The smallest absolute Gasteiger partial charge is 0.176 e. The molecule has 19 heavy (non-hydrogen) atoms. The monoisotopic (exact) mass is 278 g/mol. The van der Waals surface area contributed by atoms with Crippen molar-refractivity contribution in [2.45, 2.75) is 31.1 Å². The molecule has 0 aromatic heterocycles. The summed E-state index contributed by atoms with van der Waals surface area (Å²) in [5.74, 6) is 0.205. The number of phenols is 1. The standard InChI is InChI=1S/C15H18O3S/c1-3-4-7-11-10-14(19(2,17)18)12-8-5-6-9-13(12)15(11)16/h5-6,8-10,16H,3-4,7H2,1-2H3. The van der Waals surface area contributed by atoms with E-state index in [1.165, 1.54) is 6.26 Å². The third-order valence-corrected chi connectivity index (χ3v) is 4.39. The van der Waals surface area contributed by atoms with Gasteiger partial charge in [0.2, 0.25) is 0 Å². The van der Waals surface area contributed by atoms with Crippen molar-refractivity contribution in [3.63, 3.8) is 0 Å². The summed E-state index contributed by atoms with van der Waals surface area (Å²) in [4.78, 5) is 0.298. The lowest BCUT2D eigenvalue weighted by atomic mass is 10.0. The van der Waals surface area contributed by atoms with E-state index in [9.17, 15) is 13.5 Å². The van der Waals surface area contributed by atoms with E-state index < -0.39 is 9.84 Å². The van der Waals surface area contributed by atoms with Gasteiger partial charge in [0.25, 0.3) is 0 Å². The molecule has 1 N–H and O–H groups in total. The van der Waals surface area contributed by atoms with Crippen LogP contribution in [0.25, 0.3) is 10.8 Å². The summed E-state index contributed by atoms with van der Waals surface area (Å²) < 4.78 is 23.8. The predicted octanol–water partition coefficient (Wildman–Crippen LogP) is 3.29. The highest BCUT2D eigenvalue weighted by molar-refractivity contribution is 7.91. The number of aromatic hydroxyl groups is 1. The van der Waals surface area contributed by atoms with Crippen LogP contribution in [0.3, 0.4) is 0 Å². The van der Waals surface area contributed by atoms with Crippen LogP contribution in [0, 0.1) is 0 Å². The Hall–Kier alpha value is -1.55. The van der Waals surface area contributed by atoms with Crippen molar-refractivity contribution in [1.82, 2.24) is 0 Å². The van der Waals surface area contributed by atoms with E-state index in [0.29, 0.717) is 27.7 Å². The fourth-order valence-electron chi connectivity index (χ4n) is 2.25. The first-order valence-corrected chi connectivity index (χ1v) is 8.28. The summed E-state index contributed by atoms with van der Waals surface area (Å²) in [7, 11) is -3.30. The van der Waals surface area contributed by atoms with E-state index in [1.807, 2.05) is 0 Å². The lowest BCUT2D eigenvalue weighted by molar-refractivity contribution is 0.473. The van der Waals surface area contributed by atoms with Crippen LogP contribution in [0.15, 0.2) is 35.2 Å². The first-order chi connectivity index (χ1) is 8.95. The molecule has 0 spiro atoms. The minimum Gasteiger partial charge on any atom is -0.507 e. The molecule has 0 heterocycles. The molecular weight excluding hydrogens is 260 g/mol. The molecular formula is C15H18O3S. The summed E-state index contributed by atoms with van der Waals surface area (Å²) in [5.41, 5.74) is 0.709. The molecule has 0 saturated carbocycles. The normalized spacial score (nSPS) is 11.9. The van der Waals surface area contributed by atoms with Crippen molar-refractivity contribution in [3.05, 3.63) is 35.9 Å². The molecule has 4 heteroatoms. The van der Waals surface area contributed by atoms with E-state index in [2.05, 4.69) is 6.92 Å². The van der Waals surface area contributed by atoms with E-state index in [-0.39, 0.29) is 5.75 Å². The van der Waals surface area contributed by atoms with Crippen molar-refractivity contribution >= 4 is 20.6 Å². The van der Waals surface area contributed by atoms with Gasteiger partial charge in [-0.05, 0) is 24.5 Å². The Morgan fingerprint density at radius 3 is 2.37 bits per heavy atom. The fourth-order valence-corrected chi connectivity index (χ4v) is 3.18. The summed E-state index contributed by atoms with van der Waals surface area (Å²) in [6, 6.07) is 8.69. The van der Waals surface area contributed by atoms with Crippen molar-refractivity contribution < 1.29 is 13.5 Å². The van der Waals surface area contributed by atoms with Crippen LogP contribution in [-0.2, 0) is 16.3 Å². The molecule has 0 aliphatic carbocycles. The van der Waals surface area contributed by atoms with Gasteiger partial charge in [-0.3, -0.25) is 0 Å². The Labute approximate surface area is 113 Å². The number of unbranched alkanes of at least 4 members (excludes halogenated alkanes) is 1. The van der Waals surface area contributed by atoms with Gasteiger partial charge in [0, 0.05) is 17.0 Å². The van der Waals surface area contributed by atoms with Crippen molar-refractivity contribution in [2.75, 3.05) is 6.26 Å². The largest absolute Gasteiger partial charge is 0.507 e. The first kappa shape index (κ1) is 13.9. The van der Waals surface area contributed by atoms with Crippen LogP contribution in [0.4, 0.5) is 0 Å². The van der Waals surface area contributed by atoms with Gasteiger partial charge >= 0.3 is 0 Å². The van der Waals surface area contributed by atoms with Crippen LogP contribution in [-0.4, -0.2) is 19.8 Å². The Balaban J connectivity index is 2.76. The lowest BCUT2D eigenvalue weighted by Gasteiger charge is -2.11. The third kappa shape index (κ3) is 2.73. The van der Waals surface area contributed by atoms with Gasteiger partial charge in [-0.15, -0.1) is 0 Å². The second kappa shape index (κ2) is 5.21. The number of phenolic OH excluding ortho intramolecular Hbond substituents is 1. The van der Waals surface area contributed by atoms with Crippen LogP contribution < -0.4 is 0 Å². The molecule has 0 radical (unpaired) electrons. The summed E-state index contributed by atoms with van der Waals surface area (Å²) in [5, 5.41) is 11.5. The van der Waals surface area contributed by atoms with Gasteiger partial charge in [0.05, 0.1) is 4.90 Å². The number of rotatable bonds is 4. The Kier molecular flexibility index (Phi) is 3.80. The van der Waals surface area contributed by atoms with Crippen molar-refractivity contribution in [3.8, 4) is 5.75 Å². The molecule has 0 saturated heterocycles. The van der Waals surface area contributed by atoms with E-state index in [4.69, 9.17) is 0 Å². The molecule has 3 nitrogen and oxygen atoms in total. The maximum atomic E-state index is 11.9. The SMILES string of the molecule is CCCCc1cc(S(C)(=O)=O)c2ccccc2c1O.